The summed E-state index contributed by atoms with van der Waals surface area (Å²) in [5.74, 6) is -1.33. The van der Waals surface area contributed by atoms with E-state index in [0.29, 0.717) is 5.56 Å². The lowest BCUT2D eigenvalue weighted by atomic mass is 10.0. The second-order valence-corrected chi connectivity index (χ2v) is 4.37. The number of carbonyl (C=O) groups is 2. The quantitative estimate of drug-likeness (QED) is 0.861. The van der Waals surface area contributed by atoms with Crippen molar-refractivity contribution in [2.45, 2.75) is 13.0 Å². The van der Waals surface area contributed by atoms with Gasteiger partial charge in [0.15, 0.2) is 0 Å². The number of hydrogen-bond donors (Lipinski definition) is 2. The first-order valence-electron chi connectivity index (χ1n) is 6.22. The van der Waals surface area contributed by atoms with Crippen molar-refractivity contribution in [2.24, 2.45) is 0 Å². The largest absolute Gasteiger partial charge is 0.481 e. The Kier molecular flexibility index (Phi) is 4.50. The lowest BCUT2D eigenvalue weighted by molar-refractivity contribution is -0.136. The zero-order valence-electron chi connectivity index (χ0n) is 11.0. The van der Waals surface area contributed by atoms with Crippen molar-refractivity contribution >= 4 is 11.9 Å². The fourth-order valence-corrected chi connectivity index (χ4v) is 1.83. The summed E-state index contributed by atoms with van der Waals surface area (Å²) in [5.41, 5.74) is 1.07. The summed E-state index contributed by atoms with van der Waals surface area (Å²) in [5, 5.41) is 11.5. The maximum atomic E-state index is 11.9. The van der Waals surface area contributed by atoms with E-state index in [4.69, 9.17) is 5.11 Å². The van der Waals surface area contributed by atoms with Gasteiger partial charge in [0.25, 0.3) is 5.91 Å². The number of amides is 1. The Morgan fingerprint density at radius 2 is 1.81 bits per heavy atom. The SMILES string of the molecule is O=C(O)Cc1ccccc1CNC(=O)c1ccc(=O)oc1. The molecule has 21 heavy (non-hydrogen) atoms. The summed E-state index contributed by atoms with van der Waals surface area (Å²) in [6, 6.07) is 9.50. The number of carboxylic acid groups (broad SMARTS) is 1. The van der Waals surface area contributed by atoms with E-state index in [9.17, 15) is 14.4 Å². The first kappa shape index (κ1) is 14.5. The maximum absolute atomic E-state index is 11.9. The van der Waals surface area contributed by atoms with Crippen LogP contribution in [0.5, 0.6) is 0 Å². The van der Waals surface area contributed by atoms with Gasteiger partial charge >= 0.3 is 11.6 Å². The highest BCUT2D eigenvalue weighted by atomic mass is 16.4. The number of aliphatic carboxylic acids is 1. The van der Waals surface area contributed by atoms with Crippen LogP contribution in [0.4, 0.5) is 0 Å². The molecule has 0 unspecified atom stereocenters. The predicted molar refractivity (Wildman–Crippen MR) is 73.9 cm³/mol. The third kappa shape index (κ3) is 4.04. The van der Waals surface area contributed by atoms with Crippen LogP contribution in [0.25, 0.3) is 0 Å². The number of benzene rings is 1. The predicted octanol–water partition coefficient (Wildman–Crippen LogP) is 1.20. The van der Waals surface area contributed by atoms with Crippen molar-refractivity contribution in [3.8, 4) is 0 Å². The second kappa shape index (κ2) is 6.51. The van der Waals surface area contributed by atoms with Crippen LogP contribution < -0.4 is 10.9 Å². The molecule has 0 fully saturated rings. The Bertz CT molecular complexity index is 700. The van der Waals surface area contributed by atoms with Crippen LogP contribution in [0.15, 0.2) is 51.9 Å². The molecular weight excluding hydrogens is 274 g/mol. The van der Waals surface area contributed by atoms with E-state index in [1.165, 1.54) is 6.07 Å². The number of hydrogen-bond acceptors (Lipinski definition) is 4. The van der Waals surface area contributed by atoms with Gasteiger partial charge < -0.3 is 14.8 Å². The normalized spacial score (nSPS) is 10.1. The molecular formula is C15H13NO5. The van der Waals surface area contributed by atoms with E-state index in [1.807, 2.05) is 0 Å². The van der Waals surface area contributed by atoms with Crippen molar-refractivity contribution in [1.29, 1.82) is 0 Å². The molecule has 1 amide bonds. The third-order valence-electron chi connectivity index (χ3n) is 2.86. The van der Waals surface area contributed by atoms with Gasteiger partial charge in [-0.1, -0.05) is 24.3 Å². The number of carbonyl (C=O) groups excluding carboxylic acids is 1. The number of carboxylic acids is 1. The highest BCUT2D eigenvalue weighted by Gasteiger charge is 2.09. The summed E-state index contributed by atoms with van der Waals surface area (Å²) < 4.78 is 4.61. The minimum Gasteiger partial charge on any atom is -0.481 e. The molecule has 0 spiro atoms. The van der Waals surface area contributed by atoms with Crippen molar-refractivity contribution in [3.63, 3.8) is 0 Å². The molecule has 0 saturated heterocycles. The molecule has 1 heterocycles. The van der Waals surface area contributed by atoms with Gasteiger partial charge in [-0.05, 0) is 17.2 Å². The second-order valence-electron chi connectivity index (χ2n) is 4.37. The summed E-state index contributed by atoms with van der Waals surface area (Å²) in [6.07, 6.45) is 0.979. The smallest absolute Gasteiger partial charge is 0.335 e. The molecule has 0 bridgehead atoms. The molecule has 6 heteroatoms. The highest BCUT2D eigenvalue weighted by molar-refractivity contribution is 5.93. The lowest BCUT2D eigenvalue weighted by Crippen LogP contribution is -2.24. The Hall–Kier alpha value is -2.89. The van der Waals surface area contributed by atoms with Crippen LogP contribution in [-0.4, -0.2) is 17.0 Å². The van der Waals surface area contributed by atoms with Gasteiger partial charge in [0.2, 0.25) is 0 Å². The van der Waals surface area contributed by atoms with Crippen LogP contribution in [0, 0.1) is 0 Å². The van der Waals surface area contributed by atoms with Gasteiger partial charge in [-0.2, -0.15) is 0 Å². The van der Waals surface area contributed by atoms with Crippen molar-refractivity contribution < 1.29 is 19.1 Å². The van der Waals surface area contributed by atoms with Crippen molar-refractivity contribution in [3.05, 3.63) is 69.8 Å². The molecule has 0 radical (unpaired) electrons. The van der Waals surface area contributed by atoms with Gasteiger partial charge in [0.05, 0.1) is 12.0 Å². The molecule has 6 nitrogen and oxygen atoms in total. The molecule has 0 atom stereocenters. The Morgan fingerprint density at radius 1 is 1.10 bits per heavy atom. The molecule has 1 aromatic carbocycles. The molecule has 0 aliphatic carbocycles. The van der Waals surface area contributed by atoms with E-state index < -0.39 is 17.5 Å². The molecule has 0 aliphatic rings. The molecule has 2 aromatic rings. The van der Waals surface area contributed by atoms with Gasteiger partial charge in [-0.25, -0.2) is 4.79 Å². The molecule has 2 N–H and O–H groups in total. The minimum atomic E-state index is -0.932. The summed E-state index contributed by atoms with van der Waals surface area (Å²) >= 11 is 0. The average molecular weight is 287 g/mol. The van der Waals surface area contributed by atoms with Crippen molar-refractivity contribution in [2.75, 3.05) is 0 Å². The first-order valence-corrected chi connectivity index (χ1v) is 6.22. The van der Waals surface area contributed by atoms with Gasteiger partial charge in [0.1, 0.15) is 6.26 Å². The summed E-state index contributed by atoms with van der Waals surface area (Å²) in [7, 11) is 0. The van der Waals surface area contributed by atoms with Gasteiger partial charge in [-0.15, -0.1) is 0 Å². The van der Waals surface area contributed by atoms with Crippen LogP contribution in [0.3, 0.4) is 0 Å². The third-order valence-corrected chi connectivity index (χ3v) is 2.86. The van der Waals surface area contributed by atoms with Crippen LogP contribution in [0.2, 0.25) is 0 Å². The Morgan fingerprint density at radius 3 is 2.43 bits per heavy atom. The fraction of sp³-hybridized carbons (Fsp3) is 0.133. The van der Waals surface area contributed by atoms with Crippen LogP contribution in [0.1, 0.15) is 21.5 Å². The van der Waals surface area contributed by atoms with E-state index in [-0.39, 0.29) is 18.5 Å². The van der Waals surface area contributed by atoms with Crippen molar-refractivity contribution in [1.82, 2.24) is 5.32 Å². The Balaban J connectivity index is 2.06. The Labute approximate surface area is 120 Å². The first-order chi connectivity index (χ1) is 10.1. The zero-order chi connectivity index (χ0) is 15.2. The van der Waals surface area contributed by atoms with Gasteiger partial charge in [0, 0.05) is 12.6 Å². The van der Waals surface area contributed by atoms with E-state index in [2.05, 4.69) is 9.73 Å². The van der Waals surface area contributed by atoms with E-state index >= 15 is 0 Å². The van der Waals surface area contributed by atoms with Crippen LogP contribution >= 0.6 is 0 Å². The van der Waals surface area contributed by atoms with Crippen LogP contribution in [-0.2, 0) is 17.8 Å². The standard InChI is InChI=1S/C15H13NO5/c17-13(18)7-10-3-1-2-4-11(10)8-16-15(20)12-5-6-14(19)21-9-12/h1-6,9H,7-8H2,(H,16,20)(H,17,18). The fourth-order valence-electron chi connectivity index (χ4n) is 1.83. The van der Waals surface area contributed by atoms with Gasteiger partial charge in [-0.3, -0.25) is 9.59 Å². The average Bonchev–Trinajstić information content (AvgIpc) is 2.46. The minimum absolute atomic E-state index is 0.105. The topological polar surface area (TPSA) is 96.6 Å². The molecule has 0 aliphatic heterocycles. The monoisotopic (exact) mass is 287 g/mol. The molecule has 0 saturated carbocycles. The molecule has 2 rings (SSSR count). The zero-order valence-corrected chi connectivity index (χ0v) is 11.0. The number of rotatable bonds is 5. The molecule has 1 aromatic heterocycles. The summed E-state index contributed by atoms with van der Waals surface area (Å²) in [4.78, 5) is 33.5. The number of nitrogens with one attached hydrogen (secondary N) is 1. The summed E-state index contributed by atoms with van der Waals surface area (Å²) in [6.45, 7) is 0.196. The lowest BCUT2D eigenvalue weighted by Gasteiger charge is -2.09. The maximum Gasteiger partial charge on any atom is 0.335 e. The van der Waals surface area contributed by atoms with E-state index in [0.717, 1.165) is 17.9 Å². The molecule has 108 valence electrons. The highest BCUT2D eigenvalue weighted by Crippen LogP contribution is 2.10. The van der Waals surface area contributed by atoms with E-state index in [1.54, 1.807) is 24.3 Å².